The number of rotatable bonds is 5. The van der Waals surface area contributed by atoms with Gasteiger partial charge in [-0.15, -0.1) is 0 Å². The van der Waals surface area contributed by atoms with E-state index in [4.69, 9.17) is 0 Å². The smallest absolute Gasteiger partial charge is 0.211 e. The zero-order valence-corrected chi connectivity index (χ0v) is 14.8. The number of sulfonamides is 1. The van der Waals surface area contributed by atoms with E-state index in [1.165, 1.54) is 23.5 Å². The molecule has 0 aromatic carbocycles. The summed E-state index contributed by atoms with van der Waals surface area (Å²) in [5.41, 5.74) is 0. The molecule has 1 N–H and O–H groups in total. The summed E-state index contributed by atoms with van der Waals surface area (Å²) in [5.74, 6) is 4.23. The molecule has 0 aromatic rings. The van der Waals surface area contributed by atoms with Crippen LogP contribution in [-0.2, 0) is 10.0 Å². The highest BCUT2D eigenvalue weighted by Crippen LogP contribution is 2.31. The third kappa shape index (κ3) is 4.80. The van der Waals surface area contributed by atoms with Gasteiger partial charge in [-0.3, -0.25) is 0 Å². The third-order valence-corrected chi connectivity index (χ3v) is 8.39. The van der Waals surface area contributed by atoms with Crippen LogP contribution < -0.4 is 5.32 Å². The maximum absolute atomic E-state index is 11.7. The molecule has 3 atom stereocenters. The first kappa shape index (κ1) is 16.9. The minimum Gasteiger partial charge on any atom is -0.316 e. The third-order valence-electron chi connectivity index (χ3n) is 4.20. The van der Waals surface area contributed by atoms with E-state index in [9.17, 15) is 8.42 Å². The molecule has 118 valence electrons. The van der Waals surface area contributed by atoms with Crippen LogP contribution in [-0.4, -0.2) is 67.7 Å². The minimum absolute atomic E-state index is 0.503. The summed E-state index contributed by atoms with van der Waals surface area (Å²) >= 11 is 4.12. The fraction of sp³-hybridized carbons (Fsp3) is 1.00. The highest BCUT2D eigenvalue weighted by Gasteiger charge is 2.30. The van der Waals surface area contributed by atoms with Gasteiger partial charge in [-0.25, -0.2) is 12.7 Å². The van der Waals surface area contributed by atoms with Crippen LogP contribution in [0.2, 0.25) is 0 Å². The maximum Gasteiger partial charge on any atom is 0.211 e. The lowest BCUT2D eigenvalue weighted by atomic mass is 9.91. The molecular formula is C13H26N2O2S3. The Hall–Kier alpha value is 0.570. The topological polar surface area (TPSA) is 49.4 Å². The summed E-state index contributed by atoms with van der Waals surface area (Å²) in [6.45, 7) is 1.41. The molecule has 2 aliphatic rings. The first-order valence-corrected chi connectivity index (χ1v) is 11.4. The van der Waals surface area contributed by atoms with Gasteiger partial charge in [-0.2, -0.15) is 23.5 Å². The second-order valence-corrected chi connectivity index (χ2v) is 10.2. The molecule has 0 radical (unpaired) electrons. The normalized spacial score (nSPS) is 31.1. The largest absolute Gasteiger partial charge is 0.316 e. The monoisotopic (exact) mass is 338 g/mol. The number of thioether (sulfide) groups is 2. The molecule has 0 spiro atoms. The average Bonchev–Trinajstić information content (AvgIpc) is 2.45. The van der Waals surface area contributed by atoms with Crippen LogP contribution in [0.3, 0.4) is 0 Å². The molecule has 0 amide bonds. The van der Waals surface area contributed by atoms with Crippen LogP contribution >= 0.6 is 23.5 Å². The van der Waals surface area contributed by atoms with Crippen molar-refractivity contribution in [2.24, 2.45) is 5.92 Å². The van der Waals surface area contributed by atoms with E-state index in [0.29, 0.717) is 30.3 Å². The molecule has 0 aromatic heterocycles. The molecule has 2 fully saturated rings. The molecule has 2 rings (SSSR count). The van der Waals surface area contributed by atoms with Crippen LogP contribution in [0.1, 0.15) is 19.3 Å². The average molecular weight is 339 g/mol. The molecular weight excluding hydrogens is 312 g/mol. The Kier molecular flexibility index (Phi) is 6.53. The van der Waals surface area contributed by atoms with Gasteiger partial charge < -0.3 is 5.32 Å². The van der Waals surface area contributed by atoms with E-state index in [2.05, 4.69) is 17.1 Å². The zero-order valence-electron chi connectivity index (χ0n) is 12.4. The van der Waals surface area contributed by atoms with Gasteiger partial charge in [0.15, 0.2) is 0 Å². The summed E-state index contributed by atoms with van der Waals surface area (Å²) in [6.07, 6.45) is 4.59. The van der Waals surface area contributed by atoms with Gasteiger partial charge >= 0.3 is 0 Å². The Morgan fingerprint density at radius 2 is 2.20 bits per heavy atom. The Morgan fingerprint density at radius 3 is 2.80 bits per heavy atom. The van der Waals surface area contributed by atoms with E-state index in [-0.39, 0.29) is 0 Å². The molecule has 0 saturated carbocycles. The second-order valence-electron chi connectivity index (χ2n) is 5.74. The van der Waals surface area contributed by atoms with Crippen molar-refractivity contribution in [2.75, 3.05) is 43.7 Å². The van der Waals surface area contributed by atoms with Crippen LogP contribution in [0.25, 0.3) is 0 Å². The first-order chi connectivity index (χ1) is 9.50. The lowest BCUT2D eigenvalue weighted by Crippen LogP contribution is -2.45. The van der Waals surface area contributed by atoms with Crippen LogP contribution in [0, 0.1) is 5.92 Å². The molecule has 2 aliphatic heterocycles. The summed E-state index contributed by atoms with van der Waals surface area (Å²) in [5, 5.41) is 4.14. The predicted molar refractivity (Wildman–Crippen MR) is 90.2 cm³/mol. The molecule has 0 aliphatic carbocycles. The maximum atomic E-state index is 11.7. The number of hydrogen-bond acceptors (Lipinski definition) is 5. The van der Waals surface area contributed by atoms with Gasteiger partial charge in [-0.1, -0.05) is 0 Å². The fourth-order valence-electron chi connectivity index (χ4n) is 3.07. The van der Waals surface area contributed by atoms with Gasteiger partial charge in [0.2, 0.25) is 10.0 Å². The number of nitrogens with zero attached hydrogens (tertiary/aromatic N) is 1. The molecule has 2 saturated heterocycles. The Morgan fingerprint density at radius 1 is 1.40 bits per heavy atom. The van der Waals surface area contributed by atoms with Crippen molar-refractivity contribution in [3.8, 4) is 0 Å². The van der Waals surface area contributed by atoms with Crippen LogP contribution in [0.5, 0.6) is 0 Å². The minimum atomic E-state index is -3.02. The Bertz CT molecular complexity index is 396. The lowest BCUT2D eigenvalue weighted by molar-refractivity contribution is 0.240. The summed E-state index contributed by atoms with van der Waals surface area (Å²) in [7, 11) is -0.979. The zero-order chi connectivity index (χ0) is 14.6. The molecule has 2 heterocycles. The van der Waals surface area contributed by atoms with E-state index in [1.54, 1.807) is 4.31 Å². The van der Waals surface area contributed by atoms with Crippen LogP contribution in [0.4, 0.5) is 0 Å². The lowest BCUT2D eigenvalue weighted by Gasteiger charge is -2.36. The number of piperidine rings is 1. The van der Waals surface area contributed by atoms with Crippen molar-refractivity contribution < 1.29 is 8.42 Å². The summed E-state index contributed by atoms with van der Waals surface area (Å²) < 4.78 is 25.0. The molecule has 3 unspecified atom stereocenters. The van der Waals surface area contributed by atoms with E-state index < -0.39 is 10.0 Å². The van der Waals surface area contributed by atoms with Crippen molar-refractivity contribution in [1.29, 1.82) is 0 Å². The van der Waals surface area contributed by atoms with Crippen molar-refractivity contribution >= 4 is 33.5 Å². The molecule has 4 nitrogen and oxygen atoms in total. The van der Waals surface area contributed by atoms with Gasteiger partial charge in [0.05, 0.1) is 6.26 Å². The quantitative estimate of drug-likeness (QED) is 0.823. The van der Waals surface area contributed by atoms with Crippen LogP contribution in [0.15, 0.2) is 0 Å². The number of nitrogens with one attached hydrogen (secondary N) is 1. The van der Waals surface area contributed by atoms with Gasteiger partial charge in [0.1, 0.15) is 0 Å². The van der Waals surface area contributed by atoms with Crippen molar-refractivity contribution in [3.63, 3.8) is 0 Å². The van der Waals surface area contributed by atoms with E-state index >= 15 is 0 Å². The Labute approximate surface area is 131 Å². The first-order valence-electron chi connectivity index (χ1n) is 7.32. The molecule has 7 heteroatoms. The van der Waals surface area contributed by atoms with Crippen molar-refractivity contribution in [1.82, 2.24) is 9.62 Å². The highest BCUT2D eigenvalue weighted by atomic mass is 32.2. The van der Waals surface area contributed by atoms with E-state index in [0.717, 1.165) is 19.3 Å². The van der Waals surface area contributed by atoms with Gasteiger partial charge in [0, 0.05) is 41.6 Å². The summed E-state index contributed by atoms with van der Waals surface area (Å²) in [6, 6.07) is 0.511. The predicted octanol–water partition coefficient (Wildman–Crippen LogP) is 1.48. The second kappa shape index (κ2) is 7.72. The molecule has 20 heavy (non-hydrogen) atoms. The van der Waals surface area contributed by atoms with Crippen molar-refractivity contribution in [3.05, 3.63) is 0 Å². The standard InChI is InChI=1S/C13H26N2O2S3/c1-14-12(13-10-18-6-7-19-13)8-11-4-3-5-15(9-11)20(2,16)17/h11-14H,3-10H2,1-2H3. The summed E-state index contributed by atoms with van der Waals surface area (Å²) in [4.78, 5) is 0. The molecule has 0 bridgehead atoms. The highest BCUT2D eigenvalue weighted by molar-refractivity contribution is 8.06. The van der Waals surface area contributed by atoms with E-state index in [1.807, 2.05) is 18.8 Å². The van der Waals surface area contributed by atoms with Crippen molar-refractivity contribution in [2.45, 2.75) is 30.6 Å². The van der Waals surface area contributed by atoms with Gasteiger partial charge in [-0.05, 0) is 32.2 Å². The SMILES string of the molecule is CNC(CC1CCCN(S(C)(=O)=O)C1)C1CSCCS1. The Balaban J connectivity index is 1.90. The fourth-order valence-corrected chi connectivity index (χ4v) is 6.96. The number of hydrogen-bond donors (Lipinski definition) is 1. The van der Waals surface area contributed by atoms with Gasteiger partial charge in [0.25, 0.3) is 0 Å².